The molecule has 0 spiro atoms. The van der Waals surface area contributed by atoms with Crippen LogP contribution in [0.2, 0.25) is 0 Å². The summed E-state index contributed by atoms with van der Waals surface area (Å²) in [6, 6.07) is 15.0. The number of fused-ring (bicyclic) bond motifs is 1. The van der Waals surface area contributed by atoms with Gasteiger partial charge in [0.25, 0.3) is 0 Å². The van der Waals surface area contributed by atoms with Gasteiger partial charge >= 0.3 is 5.97 Å². The first kappa shape index (κ1) is 18.4. The molecule has 0 unspecified atom stereocenters. The first-order valence-corrected chi connectivity index (χ1v) is 8.82. The third-order valence-electron chi connectivity index (χ3n) is 3.90. The van der Waals surface area contributed by atoms with Gasteiger partial charge in [-0.15, -0.1) is 0 Å². The second kappa shape index (κ2) is 8.29. The van der Waals surface area contributed by atoms with Crippen LogP contribution in [-0.4, -0.2) is 38.4 Å². The van der Waals surface area contributed by atoms with E-state index >= 15 is 0 Å². The zero-order valence-corrected chi connectivity index (χ0v) is 16.1. The molecular weight excluding hydrogens is 398 g/mol. The van der Waals surface area contributed by atoms with Crippen LogP contribution in [0.5, 0.6) is 5.75 Å². The zero-order valence-electron chi connectivity index (χ0n) is 14.5. The van der Waals surface area contributed by atoms with Crippen LogP contribution in [0, 0.1) is 0 Å². The maximum absolute atomic E-state index is 12.0. The summed E-state index contributed by atoms with van der Waals surface area (Å²) in [5.41, 5.74) is 3.06. The Bertz CT molecular complexity index is 942. The number of carbonyl (C=O) groups excluding carboxylic acids is 1. The molecule has 0 aliphatic heterocycles. The van der Waals surface area contributed by atoms with E-state index in [4.69, 9.17) is 19.2 Å². The Labute approximate surface area is 160 Å². The average Bonchev–Trinajstić information content (AvgIpc) is 2.67. The van der Waals surface area contributed by atoms with Crippen molar-refractivity contribution in [3.05, 3.63) is 58.6 Å². The molecule has 0 amide bonds. The summed E-state index contributed by atoms with van der Waals surface area (Å²) < 4.78 is 16.0. The monoisotopic (exact) mass is 415 g/mol. The summed E-state index contributed by atoms with van der Waals surface area (Å²) in [6.07, 6.45) is 0. The van der Waals surface area contributed by atoms with Crippen LogP contribution < -0.4 is 4.74 Å². The second-order valence-corrected chi connectivity index (χ2v) is 6.43. The van der Waals surface area contributed by atoms with Gasteiger partial charge in [-0.3, -0.25) is 0 Å². The molecule has 0 fully saturated rings. The Morgan fingerprint density at radius 1 is 1.04 bits per heavy atom. The molecule has 3 aromatic rings. The number of hydrogen-bond acceptors (Lipinski definition) is 5. The lowest BCUT2D eigenvalue weighted by molar-refractivity contribution is 0.0388. The van der Waals surface area contributed by atoms with Crippen LogP contribution >= 0.6 is 15.9 Å². The third kappa shape index (κ3) is 4.03. The number of rotatable bonds is 6. The van der Waals surface area contributed by atoms with Crippen molar-refractivity contribution in [1.82, 2.24) is 4.98 Å². The van der Waals surface area contributed by atoms with E-state index in [9.17, 15) is 4.79 Å². The molecule has 0 aliphatic rings. The van der Waals surface area contributed by atoms with Gasteiger partial charge in [-0.25, -0.2) is 9.78 Å². The summed E-state index contributed by atoms with van der Waals surface area (Å²) in [5, 5.41) is 1.00. The molecular formula is C20H18BrNO4. The third-order valence-corrected chi connectivity index (χ3v) is 4.55. The van der Waals surface area contributed by atoms with Gasteiger partial charge in [0.1, 0.15) is 12.4 Å². The van der Waals surface area contributed by atoms with E-state index in [1.807, 2.05) is 36.4 Å². The minimum Gasteiger partial charge on any atom is -0.497 e. The maximum Gasteiger partial charge on any atom is 0.338 e. The molecule has 3 rings (SSSR count). The molecule has 0 saturated carbocycles. The van der Waals surface area contributed by atoms with Crippen LogP contribution in [0.15, 0.2) is 53.0 Å². The molecule has 6 heteroatoms. The highest BCUT2D eigenvalue weighted by Gasteiger charge is 2.12. The van der Waals surface area contributed by atoms with E-state index in [1.165, 1.54) is 0 Å². The van der Waals surface area contributed by atoms with Crippen LogP contribution in [0.25, 0.3) is 22.2 Å². The van der Waals surface area contributed by atoms with E-state index in [2.05, 4.69) is 15.9 Å². The number of nitrogens with zero attached hydrogens (tertiary/aromatic N) is 1. The fourth-order valence-electron chi connectivity index (χ4n) is 2.53. The Kier molecular flexibility index (Phi) is 5.85. The number of pyridine rings is 1. The van der Waals surface area contributed by atoms with Crippen molar-refractivity contribution >= 4 is 32.8 Å². The van der Waals surface area contributed by atoms with E-state index < -0.39 is 0 Å². The Morgan fingerprint density at radius 3 is 2.62 bits per heavy atom. The summed E-state index contributed by atoms with van der Waals surface area (Å²) in [7, 11) is 3.20. The van der Waals surface area contributed by atoms with Crippen LogP contribution in [-0.2, 0) is 9.47 Å². The lowest BCUT2D eigenvalue weighted by Crippen LogP contribution is -2.10. The highest BCUT2D eigenvalue weighted by Crippen LogP contribution is 2.30. The fourth-order valence-corrected chi connectivity index (χ4v) is 3.11. The van der Waals surface area contributed by atoms with E-state index in [0.717, 1.165) is 32.4 Å². The number of esters is 1. The first-order valence-electron chi connectivity index (χ1n) is 8.03. The summed E-state index contributed by atoms with van der Waals surface area (Å²) in [6.45, 7) is 0.598. The quantitative estimate of drug-likeness (QED) is 0.438. The van der Waals surface area contributed by atoms with E-state index in [1.54, 1.807) is 26.4 Å². The summed E-state index contributed by atoms with van der Waals surface area (Å²) in [5.74, 6) is 0.414. The molecule has 2 aromatic carbocycles. The molecule has 1 heterocycles. The minimum absolute atomic E-state index is 0.227. The number of benzene rings is 2. The Hall–Kier alpha value is -2.44. The molecule has 0 radical (unpaired) electrons. The molecule has 0 atom stereocenters. The average molecular weight is 416 g/mol. The van der Waals surface area contributed by atoms with Gasteiger partial charge < -0.3 is 14.2 Å². The predicted octanol–water partition coefficient (Wildman–Crippen LogP) is 4.48. The molecule has 134 valence electrons. The van der Waals surface area contributed by atoms with E-state index in [-0.39, 0.29) is 12.6 Å². The standard InChI is InChI=1S/C20H18BrNO4/c1-24-9-10-26-20(23)14-3-6-16(17(21)12-14)19-7-4-13-11-15(25-2)5-8-18(13)22-19/h3-8,11-12H,9-10H2,1-2H3. The van der Waals surface area contributed by atoms with Crippen molar-refractivity contribution in [2.24, 2.45) is 0 Å². The van der Waals surface area contributed by atoms with Crippen molar-refractivity contribution < 1.29 is 19.0 Å². The van der Waals surface area contributed by atoms with Gasteiger partial charge in [-0.05, 0) is 36.4 Å². The van der Waals surface area contributed by atoms with Gasteiger partial charge in [0.2, 0.25) is 0 Å². The van der Waals surface area contributed by atoms with Gasteiger partial charge in [-0.1, -0.05) is 28.1 Å². The summed E-state index contributed by atoms with van der Waals surface area (Å²) >= 11 is 3.53. The lowest BCUT2D eigenvalue weighted by Gasteiger charge is -2.09. The van der Waals surface area contributed by atoms with Gasteiger partial charge in [-0.2, -0.15) is 0 Å². The van der Waals surface area contributed by atoms with Crippen LogP contribution in [0.3, 0.4) is 0 Å². The zero-order chi connectivity index (χ0) is 18.5. The van der Waals surface area contributed by atoms with Crippen LogP contribution in [0.4, 0.5) is 0 Å². The molecule has 0 aliphatic carbocycles. The van der Waals surface area contributed by atoms with Crippen molar-refractivity contribution in [1.29, 1.82) is 0 Å². The number of aromatic nitrogens is 1. The van der Waals surface area contributed by atoms with Crippen molar-refractivity contribution in [2.75, 3.05) is 27.4 Å². The summed E-state index contributed by atoms with van der Waals surface area (Å²) in [4.78, 5) is 16.7. The van der Waals surface area contributed by atoms with Gasteiger partial charge in [0, 0.05) is 22.5 Å². The van der Waals surface area contributed by atoms with E-state index in [0.29, 0.717) is 12.2 Å². The highest BCUT2D eigenvalue weighted by atomic mass is 79.9. The highest BCUT2D eigenvalue weighted by molar-refractivity contribution is 9.10. The lowest BCUT2D eigenvalue weighted by atomic mass is 10.1. The largest absolute Gasteiger partial charge is 0.497 e. The van der Waals surface area contributed by atoms with Crippen LogP contribution in [0.1, 0.15) is 10.4 Å². The Balaban J connectivity index is 1.87. The minimum atomic E-state index is -0.382. The molecule has 5 nitrogen and oxygen atoms in total. The Morgan fingerprint density at radius 2 is 1.88 bits per heavy atom. The van der Waals surface area contributed by atoms with Crippen molar-refractivity contribution in [3.63, 3.8) is 0 Å². The topological polar surface area (TPSA) is 57.7 Å². The number of carbonyl (C=O) groups is 1. The number of ether oxygens (including phenoxy) is 3. The second-order valence-electron chi connectivity index (χ2n) is 5.58. The number of halogens is 1. The number of hydrogen-bond donors (Lipinski definition) is 0. The molecule has 1 aromatic heterocycles. The van der Waals surface area contributed by atoms with Crippen molar-refractivity contribution in [3.8, 4) is 17.0 Å². The van der Waals surface area contributed by atoms with Gasteiger partial charge in [0.15, 0.2) is 0 Å². The first-order chi connectivity index (χ1) is 12.6. The molecule has 0 bridgehead atoms. The SMILES string of the molecule is COCCOC(=O)c1ccc(-c2ccc3cc(OC)ccc3n2)c(Br)c1. The molecule has 0 saturated heterocycles. The maximum atomic E-state index is 12.0. The fraction of sp³-hybridized carbons (Fsp3) is 0.200. The van der Waals surface area contributed by atoms with Gasteiger partial charge in [0.05, 0.1) is 30.5 Å². The number of methoxy groups -OCH3 is 2. The normalized spacial score (nSPS) is 10.7. The molecule has 26 heavy (non-hydrogen) atoms. The molecule has 0 N–H and O–H groups in total. The predicted molar refractivity (Wildman–Crippen MR) is 104 cm³/mol. The van der Waals surface area contributed by atoms with Crippen molar-refractivity contribution in [2.45, 2.75) is 0 Å². The smallest absolute Gasteiger partial charge is 0.338 e.